The Morgan fingerprint density at radius 1 is 1.09 bits per heavy atom. The topological polar surface area (TPSA) is 135 Å². The second-order valence-electron chi connectivity index (χ2n) is 11.4. The lowest BCUT2D eigenvalue weighted by atomic mass is 10.00. The molecule has 1 atom stereocenters. The van der Waals surface area contributed by atoms with E-state index in [2.05, 4.69) is 27.0 Å². The minimum absolute atomic E-state index is 0.0448. The van der Waals surface area contributed by atoms with Crippen molar-refractivity contribution in [1.29, 1.82) is 5.26 Å². The Balaban J connectivity index is 1.26. The predicted molar refractivity (Wildman–Crippen MR) is 175 cm³/mol. The molecule has 2 aliphatic heterocycles. The van der Waals surface area contributed by atoms with Crippen molar-refractivity contribution in [3.63, 3.8) is 0 Å². The van der Waals surface area contributed by atoms with Crippen molar-refractivity contribution in [1.82, 2.24) is 4.98 Å². The first-order chi connectivity index (χ1) is 22.9. The standard InChI is InChI=1S/C36H34FN5O5/c1-45-36(44)24-9-10-31(32(16-24)39-21-27-11-13-46-27)42-35(43)17-26-15-29(37)28-18-33(26)47-12-3-4-23-14-22(19-38)7-8-25(23)20-40-34-6-2-5-30(28)41-34/h2,5-10,14-16,18,27,39H,3-4,11-13,17,20-21H2,1H3,(H,40,41)(H,42,43)/t27-/m0/s1. The quantitative estimate of drug-likeness (QED) is 0.213. The van der Waals surface area contributed by atoms with Crippen LogP contribution in [0.25, 0.3) is 11.3 Å². The summed E-state index contributed by atoms with van der Waals surface area (Å²) >= 11 is 0. The van der Waals surface area contributed by atoms with E-state index in [9.17, 15) is 14.9 Å². The molecule has 6 rings (SSSR count). The number of ether oxygens (including phenoxy) is 3. The minimum atomic E-state index is -0.531. The molecule has 0 radical (unpaired) electrons. The molecule has 11 heteroatoms. The maximum atomic E-state index is 15.7. The summed E-state index contributed by atoms with van der Waals surface area (Å²) in [6.45, 7) is 2.01. The van der Waals surface area contributed by atoms with Gasteiger partial charge in [-0.3, -0.25) is 4.79 Å². The molecule has 1 fully saturated rings. The van der Waals surface area contributed by atoms with E-state index in [0.717, 1.165) is 17.5 Å². The van der Waals surface area contributed by atoms with E-state index in [1.807, 2.05) is 18.2 Å². The smallest absolute Gasteiger partial charge is 0.337 e. The number of aryl methyl sites for hydroxylation is 1. The van der Waals surface area contributed by atoms with Gasteiger partial charge in [0.15, 0.2) is 0 Å². The summed E-state index contributed by atoms with van der Waals surface area (Å²) in [4.78, 5) is 30.2. The third-order valence-corrected chi connectivity index (χ3v) is 8.20. The Morgan fingerprint density at radius 3 is 2.74 bits per heavy atom. The molecule has 4 aromatic rings. The molecular weight excluding hydrogens is 601 g/mol. The molecule has 0 spiro atoms. The third kappa shape index (κ3) is 7.51. The number of nitriles is 1. The number of methoxy groups -OCH3 is 1. The third-order valence-electron chi connectivity index (χ3n) is 8.20. The number of rotatable bonds is 7. The molecular formula is C36H34FN5O5. The molecule has 0 unspecified atom stereocenters. The van der Waals surface area contributed by atoms with Crippen molar-refractivity contribution in [2.24, 2.45) is 0 Å². The highest BCUT2D eigenvalue weighted by molar-refractivity contribution is 5.98. The van der Waals surface area contributed by atoms with Gasteiger partial charge in [0.25, 0.3) is 0 Å². The van der Waals surface area contributed by atoms with Crippen molar-refractivity contribution in [3.8, 4) is 23.1 Å². The summed E-state index contributed by atoms with van der Waals surface area (Å²) in [5.41, 5.74) is 5.01. The van der Waals surface area contributed by atoms with Crippen molar-refractivity contribution in [2.75, 3.05) is 42.8 Å². The van der Waals surface area contributed by atoms with Crippen LogP contribution in [-0.2, 0) is 33.7 Å². The maximum Gasteiger partial charge on any atom is 0.337 e. The zero-order chi connectivity index (χ0) is 32.8. The predicted octanol–water partition coefficient (Wildman–Crippen LogP) is 5.87. The van der Waals surface area contributed by atoms with Gasteiger partial charge < -0.3 is 30.2 Å². The number of benzene rings is 3. The average molecular weight is 636 g/mol. The monoisotopic (exact) mass is 635 g/mol. The number of hydrogen-bond donors (Lipinski definition) is 3. The molecule has 3 heterocycles. The first-order valence-corrected chi connectivity index (χ1v) is 15.5. The highest BCUT2D eigenvalue weighted by atomic mass is 19.1. The lowest BCUT2D eigenvalue weighted by Crippen LogP contribution is -2.33. The van der Waals surface area contributed by atoms with E-state index in [4.69, 9.17) is 14.2 Å². The molecule has 1 amide bonds. The number of fused-ring (bicyclic) bond motifs is 6. The summed E-state index contributed by atoms with van der Waals surface area (Å²) in [5, 5.41) is 18.9. The molecule has 1 saturated heterocycles. The van der Waals surface area contributed by atoms with E-state index in [-0.39, 0.29) is 18.1 Å². The number of halogens is 1. The fourth-order valence-electron chi connectivity index (χ4n) is 5.56. The summed E-state index contributed by atoms with van der Waals surface area (Å²) in [6.07, 6.45) is 2.09. The molecule has 3 N–H and O–H groups in total. The van der Waals surface area contributed by atoms with Crippen molar-refractivity contribution < 1.29 is 28.2 Å². The van der Waals surface area contributed by atoms with Crippen LogP contribution in [0.1, 0.15) is 45.5 Å². The number of hydrogen-bond acceptors (Lipinski definition) is 9. The second kappa shape index (κ2) is 14.3. The molecule has 1 aromatic heterocycles. The average Bonchev–Trinajstić information content (AvgIpc) is 3.06. The molecule has 10 nitrogen and oxygen atoms in total. The van der Waals surface area contributed by atoms with E-state index < -0.39 is 17.7 Å². The SMILES string of the molecule is COC(=O)c1ccc(NC(=O)Cc2cc(F)c3cc2OCCCc2cc(C#N)ccc2CNc2cccc-3n2)c(NC[C@@H]2CCO2)c1. The molecule has 240 valence electrons. The Labute approximate surface area is 271 Å². The number of nitrogens with one attached hydrogen (secondary N) is 3. The van der Waals surface area contributed by atoms with Crippen LogP contribution >= 0.6 is 0 Å². The van der Waals surface area contributed by atoms with E-state index in [0.29, 0.717) is 84.5 Å². The zero-order valence-corrected chi connectivity index (χ0v) is 25.9. The summed E-state index contributed by atoms with van der Waals surface area (Å²) < 4.78 is 32.2. The number of carbonyl (C=O) groups excluding carboxylic acids is 2. The van der Waals surface area contributed by atoms with Crippen molar-refractivity contribution >= 4 is 29.1 Å². The van der Waals surface area contributed by atoms with Gasteiger partial charge in [-0.2, -0.15) is 5.26 Å². The van der Waals surface area contributed by atoms with Gasteiger partial charge in [-0.1, -0.05) is 12.1 Å². The number of anilines is 3. The van der Waals surface area contributed by atoms with E-state index >= 15 is 4.39 Å². The lowest BCUT2D eigenvalue weighted by molar-refractivity contribution is -0.115. The lowest BCUT2D eigenvalue weighted by Gasteiger charge is -2.27. The Kier molecular flexibility index (Phi) is 9.59. The number of amides is 1. The molecule has 4 bridgehead atoms. The van der Waals surface area contributed by atoms with Crippen LogP contribution < -0.4 is 20.7 Å². The van der Waals surface area contributed by atoms with Crippen LogP contribution in [0.3, 0.4) is 0 Å². The first-order valence-electron chi connectivity index (χ1n) is 15.5. The van der Waals surface area contributed by atoms with Crippen LogP contribution in [0.2, 0.25) is 0 Å². The van der Waals surface area contributed by atoms with Gasteiger partial charge >= 0.3 is 5.97 Å². The first kappa shape index (κ1) is 31.5. The van der Waals surface area contributed by atoms with Gasteiger partial charge in [0.2, 0.25) is 5.91 Å². The Bertz CT molecular complexity index is 1850. The summed E-state index contributed by atoms with van der Waals surface area (Å²) in [6, 6.07) is 20.9. The summed E-state index contributed by atoms with van der Waals surface area (Å²) in [5.74, 6) is -0.476. The number of nitrogens with zero attached hydrogens (tertiary/aromatic N) is 2. The highest BCUT2D eigenvalue weighted by Gasteiger charge is 2.21. The van der Waals surface area contributed by atoms with E-state index in [1.165, 1.54) is 13.2 Å². The molecule has 0 saturated carbocycles. The molecule has 0 aliphatic carbocycles. The molecule has 47 heavy (non-hydrogen) atoms. The van der Waals surface area contributed by atoms with Gasteiger partial charge in [-0.05, 0) is 85.0 Å². The highest BCUT2D eigenvalue weighted by Crippen LogP contribution is 2.32. The van der Waals surface area contributed by atoms with Crippen LogP contribution in [0.5, 0.6) is 5.75 Å². The van der Waals surface area contributed by atoms with Gasteiger partial charge in [0.1, 0.15) is 17.4 Å². The Hall–Kier alpha value is -5.47. The van der Waals surface area contributed by atoms with Gasteiger partial charge in [-0.25, -0.2) is 14.2 Å². The van der Waals surface area contributed by atoms with Crippen LogP contribution in [-0.4, -0.2) is 49.8 Å². The largest absolute Gasteiger partial charge is 0.493 e. The number of aromatic nitrogens is 1. The normalized spacial score (nSPS) is 15.3. The fraction of sp³-hybridized carbons (Fsp3) is 0.278. The van der Waals surface area contributed by atoms with Crippen molar-refractivity contribution in [2.45, 2.75) is 38.3 Å². The van der Waals surface area contributed by atoms with Crippen LogP contribution in [0, 0.1) is 17.1 Å². The van der Waals surface area contributed by atoms with Crippen molar-refractivity contribution in [3.05, 3.63) is 100 Å². The van der Waals surface area contributed by atoms with Gasteiger partial charge in [0, 0.05) is 30.8 Å². The van der Waals surface area contributed by atoms with Crippen LogP contribution in [0.4, 0.5) is 21.6 Å². The second-order valence-corrected chi connectivity index (χ2v) is 11.4. The van der Waals surface area contributed by atoms with Crippen LogP contribution in [0.15, 0.2) is 66.7 Å². The number of pyridine rings is 1. The fourth-order valence-corrected chi connectivity index (χ4v) is 5.56. The maximum absolute atomic E-state index is 15.7. The van der Waals surface area contributed by atoms with Gasteiger partial charge in [0.05, 0.1) is 60.5 Å². The molecule has 2 aliphatic rings. The zero-order valence-electron chi connectivity index (χ0n) is 25.9. The summed E-state index contributed by atoms with van der Waals surface area (Å²) in [7, 11) is 1.31. The van der Waals surface area contributed by atoms with E-state index in [1.54, 1.807) is 42.5 Å². The minimum Gasteiger partial charge on any atom is -0.493 e. The number of carbonyl (C=O) groups is 2. The number of esters is 1. The Morgan fingerprint density at radius 2 is 1.96 bits per heavy atom. The van der Waals surface area contributed by atoms with Gasteiger partial charge in [-0.15, -0.1) is 0 Å². The molecule has 3 aromatic carbocycles.